The second-order valence-corrected chi connectivity index (χ2v) is 6.25. The standard InChI is InChI=1S/C18H24N2O4/c21-17-11-15(14-6-1-2-7-16(14)20-17)18(22)19-8-4-9-23-12-13-5-3-10-24-13/h1-2,6-7,13,15H,3-5,8-12H2,(H,19,22)(H,20,21)/t13-,15+/m0/s1. The lowest BCUT2D eigenvalue weighted by Crippen LogP contribution is -2.35. The highest BCUT2D eigenvalue weighted by Gasteiger charge is 2.30. The number of benzene rings is 1. The molecule has 2 N–H and O–H groups in total. The maximum atomic E-state index is 12.4. The van der Waals surface area contributed by atoms with Gasteiger partial charge in [-0.2, -0.15) is 0 Å². The van der Waals surface area contributed by atoms with Gasteiger partial charge in [0.25, 0.3) is 0 Å². The van der Waals surface area contributed by atoms with Crippen molar-refractivity contribution in [3.63, 3.8) is 0 Å². The van der Waals surface area contributed by atoms with Crippen LogP contribution in [0.4, 0.5) is 5.69 Å². The molecule has 2 heterocycles. The number of hydrogen-bond donors (Lipinski definition) is 2. The van der Waals surface area contributed by atoms with Crippen molar-refractivity contribution in [2.45, 2.75) is 37.7 Å². The molecule has 0 radical (unpaired) electrons. The number of carbonyl (C=O) groups excluding carboxylic acids is 2. The third-order valence-corrected chi connectivity index (χ3v) is 4.41. The molecule has 6 nitrogen and oxygen atoms in total. The number of rotatable bonds is 7. The molecule has 0 bridgehead atoms. The molecule has 0 aliphatic carbocycles. The molecular weight excluding hydrogens is 308 g/mol. The fourth-order valence-electron chi connectivity index (χ4n) is 3.14. The van der Waals surface area contributed by atoms with Gasteiger partial charge in [0.2, 0.25) is 11.8 Å². The lowest BCUT2D eigenvalue weighted by molar-refractivity contribution is -0.126. The first-order valence-electron chi connectivity index (χ1n) is 8.60. The molecule has 0 spiro atoms. The fraction of sp³-hybridized carbons (Fsp3) is 0.556. The summed E-state index contributed by atoms with van der Waals surface area (Å²) in [5, 5.41) is 5.72. The van der Waals surface area contributed by atoms with Gasteiger partial charge in [0.15, 0.2) is 0 Å². The molecule has 3 rings (SSSR count). The molecule has 24 heavy (non-hydrogen) atoms. The molecule has 1 saturated heterocycles. The summed E-state index contributed by atoms with van der Waals surface area (Å²) in [5.41, 5.74) is 1.61. The lowest BCUT2D eigenvalue weighted by Gasteiger charge is -2.24. The van der Waals surface area contributed by atoms with Gasteiger partial charge < -0.3 is 20.1 Å². The maximum absolute atomic E-state index is 12.4. The number of para-hydroxylation sites is 1. The molecule has 0 saturated carbocycles. The van der Waals surface area contributed by atoms with Crippen LogP contribution in [0.1, 0.15) is 37.2 Å². The molecule has 1 aromatic rings. The number of amides is 2. The highest BCUT2D eigenvalue weighted by Crippen LogP contribution is 2.31. The fourth-order valence-corrected chi connectivity index (χ4v) is 3.14. The van der Waals surface area contributed by atoms with Crippen LogP contribution in [0.3, 0.4) is 0 Å². The minimum absolute atomic E-state index is 0.101. The Morgan fingerprint density at radius 1 is 1.38 bits per heavy atom. The van der Waals surface area contributed by atoms with Crippen LogP contribution in [-0.4, -0.2) is 44.3 Å². The third kappa shape index (κ3) is 4.33. The quantitative estimate of drug-likeness (QED) is 0.747. The van der Waals surface area contributed by atoms with E-state index >= 15 is 0 Å². The summed E-state index contributed by atoms with van der Waals surface area (Å²) in [6, 6.07) is 7.45. The lowest BCUT2D eigenvalue weighted by atomic mass is 9.90. The minimum atomic E-state index is -0.414. The van der Waals surface area contributed by atoms with Crippen LogP contribution in [0, 0.1) is 0 Å². The Bertz CT molecular complexity index is 584. The SMILES string of the molecule is O=C1C[C@@H](C(=O)NCCCOC[C@@H]2CCCO2)c2ccccc2N1. The predicted molar refractivity (Wildman–Crippen MR) is 89.8 cm³/mol. The minimum Gasteiger partial charge on any atom is -0.379 e. The molecule has 1 aromatic carbocycles. The van der Waals surface area contributed by atoms with E-state index in [1.807, 2.05) is 24.3 Å². The second kappa shape index (κ2) is 8.26. The summed E-state index contributed by atoms with van der Waals surface area (Å²) in [6.45, 7) is 2.61. The van der Waals surface area contributed by atoms with Crippen molar-refractivity contribution in [3.8, 4) is 0 Å². The molecule has 2 aliphatic rings. The number of carbonyl (C=O) groups is 2. The first kappa shape index (κ1) is 16.9. The van der Waals surface area contributed by atoms with E-state index in [0.717, 1.165) is 37.1 Å². The van der Waals surface area contributed by atoms with Crippen LogP contribution in [-0.2, 0) is 19.1 Å². The topological polar surface area (TPSA) is 76.7 Å². The van der Waals surface area contributed by atoms with Crippen LogP contribution in [0.2, 0.25) is 0 Å². The van der Waals surface area contributed by atoms with E-state index in [4.69, 9.17) is 9.47 Å². The molecule has 6 heteroatoms. The van der Waals surface area contributed by atoms with Gasteiger partial charge in [0, 0.05) is 31.9 Å². The number of fused-ring (bicyclic) bond motifs is 1. The average molecular weight is 332 g/mol. The van der Waals surface area contributed by atoms with Crippen LogP contribution in [0.5, 0.6) is 0 Å². The van der Waals surface area contributed by atoms with E-state index < -0.39 is 5.92 Å². The zero-order chi connectivity index (χ0) is 16.8. The van der Waals surface area contributed by atoms with Crippen LogP contribution < -0.4 is 10.6 Å². The molecule has 130 valence electrons. The van der Waals surface area contributed by atoms with Gasteiger partial charge in [-0.15, -0.1) is 0 Å². The summed E-state index contributed by atoms with van der Waals surface area (Å²) >= 11 is 0. The van der Waals surface area contributed by atoms with Crippen molar-refractivity contribution >= 4 is 17.5 Å². The van der Waals surface area contributed by atoms with Crippen molar-refractivity contribution in [2.75, 3.05) is 31.7 Å². The van der Waals surface area contributed by atoms with Gasteiger partial charge in [-0.05, 0) is 30.9 Å². The Morgan fingerprint density at radius 2 is 2.25 bits per heavy atom. The molecule has 2 amide bonds. The summed E-state index contributed by atoms with van der Waals surface area (Å²) in [6.07, 6.45) is 3.36. The smallest absolute Gasteiger partial charge is 0.228 e. The zero-order valence-corrected chi connectivity index (χ0v) is 13.8. The molecule has 2 aliphatic heterocycles. The van der Waals surface area contributed by atoms with Gasteiger partial charge in [0.1, 0.15) is 0 Å². The van der Waals surface area contributed by atoms with Gasteiger partial charge in [0.05, 0.1) is 18.6 Å². The van der Waals surface area contributed by atoms with Gasteiger partial charge in [-0.3, -0.25) is 9.59 Å². The molecule has 2 atom stereocenters. The number of anilines is 1. The summed E-state index contributed by atoms with van der Waals surface area (Å²) < 4.78 is 11.1. The highest BCUT2D eigenvalue weighted by atomic mass is 16.5. The number of ether oxygens (including phenoxy) is 2. The maximum Gasteiger partial charge on any atom is 0.228 e. The third-order valence-electron chi connectivity index (χ3n) is 4.41. The van der Waals surface area contributed by atoms with Gasteiger partial charge in [-0.1, -0.05) is 18.2 Å². The van der Waals surface area contributed by atoms with E-state index in [1.54, 1.807) is 0 Å². The summed E-state index contributed by atoms with van der Waals surface area (Å²) in [5.74, 6) is -0.632. The van der Waals surface area contributed by atoms with E-state index in [9.17, 15) is 9.59 Å². The van der Waals surface area contributed by atoms with Crippen molar-refractivity contribution in [3.05, 3.63) is 29.8 Å². The first-order chi connectivity index (χ1) is 11.7. The number of hydrogen-bond acceptors (Lipinski definition) is 4. The largest absolute Gasteiger partial charge is 0.379 e. The van der Waals surface area contributed by atoms with Crippen molar-refractivity contribution in [1.82, 2.24) is 5.32 Å². The monoisotopic (exact) mass is 332 g/mol. The van der Waals surface area contributed by atoms with Gasteiger partial charge in [-0.25, -0.2) is 0 Å². The Balaban J connectivity index is 1.39. The van der Waals surface area contributed by atoms with E-state index in [1.165, 1.54) is 0 Å². The number of nitrogens with one attached hydrogen (secondary N) is 2. The van der Waals surface area contributed by atoms with E-state index in [2.05, 4.69) is 10.6 Å². The van der Waals surface area contributed by atoms with Crippen LogP contribution in [0.15, 0.2) is 24.3 Å². The molecule has 0 aromatic heterocycles. The second-order valence-electron chi connectivity index (χ2n) is 6.25. The summed E-state index contributed by atoms with van der Waals surface area (Å²) in [4.78, 5) is 24.2. The van der Waals surface area contributed by atoms with Gasteiger partial charge >= 0.3 is 0 Å². The Hall–Kier alpha value is -1.92. The van der Waals surface area contributed by atoms with Crippen molar-refractivity contribution in [2.24, 2.45) is 0 Å². The zero-order valence-electron chi connectivity index (χ0n) is 13.8. The Morgan fingerprint density at radius 3 is 3.08 bits per heavy atom. The molecular formula is C18H24N2O4. The van der Waals surface area contributed by atoms with Crippen molar-refractivity contribution < 1.29 is 19.1 Å². The van der Waals surface area contributed by atoms with E-state index in [-0.39, 0.29) is 24.3 Å². The van der Waals surface area contributed by atoms with Crippen LogP contribution >= 0.6 is 0 Å². The van der Waals surface area contributed by atoms with Crippen molar-refractivity contribution in [1.29, 1.82) is 0 Å². The molecule has 0 unspecified atom stereocenters. The molecule has 1 fully saturated rings. The Labute approximate surface area is 141 Å². The van der Waals surface area contributed by atoms with E-state index in [0.29, 0.717) is 19.8 Å². The average Bonchev–Trinajstić information content (AvgIpc) is 3.10. The highest BCUT2D eigenvalue weighted by molar-refractivity contribution is 6.01. The normalized spacial score (nSPS) is 22.8. The predicted octanol–water partition coefficient (Wildman–Crippen LogP) is 1.81. The summed E-state index contributed by atoms with van der Waals surface area (Å²) in [7, 11) is 0. The van der Waals surface area contributed by atoms with Crippen LogP contribution in [0.25, 0.3) is 0 Å². The first-order valence-corrected chi connectivity index (χ1v) is 8.60. The Kier molecular flexibility index (Phi) is 5.82.